The largest absolute Gasteiger partial charge is 0.480 e. The van der Waals surface area contributed by atoms with Gasteiger partial charge >= 0.3 is 12.0 Å². The van der Waals surface area contributed by atoms with E-state index in [4.69, 9.17) is 5.11 Å². The lowest BCUT2D eigenvalue weighted by atomic mass is 9.79. The minimum absolute atomic E-state index is 0.0463. The molecule has 2 aliphatic rings. The zero-order chi connectivity index (χ0) is 18.2. The number of carboxylic acids is 1. The number of carbonyl (C=O) groups excluding carboxylic acids is 1. The normalized spacial score (nSPS) is 27.8. The van der Waals surface area contributed by atoms with E-state index in [0.717, 1.165) is 50.6 Å². The number of likely N-dealkylation sites (N-methyl/N-ethyl adjacent to an activating group) is 1. The molecule has 0 bridgehead atoms. The second-order valence-corrected chi connectivity index (χ2v) is 7.92. The molecule has 2 rings (SSSR count). The summed E-state index contributed by atoms with van der Waals surface area (Å²) in [6.45, 7) is 4.65. The summed E-state index contributed by atoms with van der Waals surface area (Å²) in [7, 11) is 1.86. The third-order valence-electron chi connectivity index (χ3n) is 6.07. The van der Waals surface area contributed by atoms with Crippen LogP contribution in [-0.2, 0) is 4.79 Å². The number of rotatable bonds is 6. The summed E-state index contributed by atoms with van der Waals surface area (Å²) in [5.74, 6) is 0.750. The molecule has 144 valence electrons. The maximum absolute atomic E-state index is 12.4. The number of amides is 2. The van der Waals surface area contributed by atoms with Crippen molar-refractivity contribution in [2.45, 2.75) is 64.3 Å². The summed E-state index contributed by atoms with van der Waals surface area (Å²) >= 11 is 0. The van der Waals surface area contributed by atoms with E-state index in [1.54, 1.807) is 0 Å². The number of nitrogens with one attached hydrogen (secondary N) is 1. The van der Waals surface area contributed by atoms with Crippen LogP contribution in [0.15, 0.2) is 0 Å². The predicted octanol–water partition coefficient (Wildman–Crippen LogP) is 2.78. The molecule has 0 aromatic heterocycles. The van der Waals surface area contributed by atoms with Crippen molar-refractivity contribution in [1.29, 1.82) is 0 Å². The fourth-order valence-corrected chi connectivity index (χ4v) is 4.36. The Morgan fingerprint density at radius 1 is 1.12 bits per heavy atom. The first-order chi connectivity index (χ1) is 12.0. The zero-order valence-corrected chi connectivity index (χ0v) is 15.9. The Kier molecular flexibility index (Phi) is 8.00. The lowest BCUT2D eigenvalue weighted by molar-refractivity contribution is -0.138. The summed E-state index contributed by atoms with van der Waals surface area (Å²) in [6.07, 6.45) is 9.14. The van der Waals surface area contributed by atoms with Crippen LogP contribution in [0.5, 0.6) is 0 Å². The Balaban J connectivity index is 1.70. The molecule has 6 heteroatoms. The van der Waals surface area contributed by atoms with Crippen LogP contribution in [0, 0.1) is 11.8 Å². The molecule has 1 saturated heterocycles. The quantitative estimate of drug-likeness (QED) is 0.770. The zero-order valence-electron chi connectivity index (χ0n) is 15.9. The van der Waals surface area contributed by atoms with Crippen LogP contribution in [-0.4, -0.2) is 66.2 Å². The number of aliphatic carboxylic acids is 1. The Morgan fingerprint density at radius 2 is 1.88 bits per heavy atom. The molecule has 0 radical (unpaired) electrons. The van der Waals surface area contributed by atoms with E-state index in [1.165, 1.54) is 25.7 Å². The van der Waals surface area contributed by atoms with Gasteiger partial charge in [-0.2, -0.15) is 0 Å². The van der Waals surface area contributed by atoms with Crippen LogP contribution in [0.25, 0.3) is 0 Å². The van der Waals surface area contributed by atoms with Crippen LogP contribution in [0.3, 0.4) is 0 Å². The van der Waals surface area contributed by atoms with Gasteiger partial charge in [-0.05, 0) is 44.6 Å². The molecular formula is C19H35N3O3. The lowest BCUT2D eigenvalue weighted by Gasteiger charge is -2.29. The fourth-order valence-electron chi connectivity index (χ4n) is 4.36. The maximum atomic E-state index is 12.4. The highest BCUT2D eigenvalue weighted by molar-refractivity contribution is 5.74. The summed E-state index contributed by atoms with van der Waals surface area (Å²) in [6, 6.07) is 0.294. The summed E-state index contributed by atoms with van der Waals surface area (Å²) < 4.78 is 0. The van der Waals surface area contributed by atoms with Crippen molar-refractivity contribution in [1.82, 2.24) is 15.1 Å². The van der Waals surface area contributed by atoms with Gasteiger partial charge in [0.05, 0.1) is 6.54 Å². The molecule has 2 amide bonds. The smallest absolute Gasteiger partial charge is 0.317 e. The van der Waals surface area contributed by atoms with Crippen molar-refractivity contribution in [3.63, 3.8) is 0 Å². The topological polar surface area (TPSA) is 72.9 Å². The number of carbonyl (C=O) groups is 2. The standard InChI is InChI=1S/C19H35N3O3/c1-15-6-3-4-7-16(15)9-11-20-19(25)22-12-5-8-17(10-13-22)21(2)14-18(23)24/h15-17H,3-14H2,1-2H3,(H,20,25)(H,23,24). The highest BCUT2D eigenvalue weighted by Gasteiger charge is 2.25. The van der Waals surface area contributed by atoms with Crippen LogP contribution in [0.1, 0.15) is 58.3 Å². The van der Waals surface area contributed by atoms with Gasteiger partial charge in [-0.25, -0.2) is 4.79 Å². The van der Waals surface area contributed by atoms with E-state index in [0.29, 0.717) is 6.54 Å². The molecule has 1 aliphatic carbocycles. The van der Waals surface area contributed by atoms with Crippen molar-refractivity contribution >= 4 is 12.0 Å². The van der Waals surface area contributed by atoms with E-state index >= 15 is 0 Å². The average Bonchev–Trinajstić information content (AvgIpc) is 2.82. The lowest BCUT2D eigenvalue weighted by Crippen LogP contribution is -2.42. The third kappa shape index (κ3) is 6.49. The second-order valence-electron chi connectivity index (χ2n) is 7.92. The first kappa shape index (κ1) is 20.0. The van der Waals surface area contributed by atoms with Crippen molar-refractivity contribution in [2.75, 3.05) is 33.2 Å². The van der Waals surface area contributed by atoms with Gasteiger partial charge in [-0.15, -0.1) is 0 Å². The molecule has 3 unspecified atom stereocenters. The molecule has 0 aromatic carbocycles. The molecular weight excluding hydrogens is 318 g/mol. The number of carboxylic acid groups (broad SMARTS) is 1. The molecule has 3 atom stereocenters. The maximum Gasteiger partial charge on any atom is 0.317 e. The Labute approximate surface area is 151 Å². The van der Waals surface area contributed by atoms with Gasteiger partial charge in [0.2, 0.25) is 0 Å². The molecule has 6 nitrogen and oxygen atoms in total. The summed E-state index contributed by atoms with van der Waals surface area (Å²) in [4.78, 5) is 27.1. The minimum atomic E-state index is -0.793. The van der Waals surface area contributed by atoms with Gasteiger partial charge < -0.3 is 15.3 Å². The monoisotopic (exact) mass is 353 g/mol. The third-order valence-corrected chi connectivity index (χ3v) is 6.07. The van der Waals surface area contributed by atoms with E-state index in [-0.39, 0.29) is 18.6 Å². The average molecular weight is 354 g/mol. The number of nitrogens with zero attached hydrogens (tertiary/aromatic N) is 2. The summed E-state index contributed by atoms with van der Waals surface area (Å²) in [5, 5.41) is 12.0. The SMILES string of the molecule is CC1CCCCC1CCNC(=O)N1CCCC(N(C)CC(=O)O)CC1. The van der Waals surface area contributed by atoms with Crippen LogP contribution < -0.4 is 5.32 Å². The number of hydrogen-bond acceptors (Lipinski definition) is 3. The van der Waals surface area contributed by atoms with Crippen LogP contribution in [0.4, 0.5) is 4.79 Å². The van der Waals surface area contributed by atoms with Gasteiger partial charge in [-0.1, -0.05) is 32.6 Å². The van der Waals surface area contributed by atoms with E-state index < -0.39 is 5.97 Å². The van der Waals surface area contributed by atoms with Gasteiger partial charge in [0, 0.05) is 25.7 Å². The van der Waals surface area contributed by atoms with Gasteiger partial charge in [0.25, 0.3) is 0 Å². The number of hydrogen-bond donors (Lipinski definition) is 2. The van der Waals surface area contributed by atoms with Crippen molar-refractivity contribution in [2.24, 2.45) is 11.8 Å². The predicted molar refractivity (Wildman–Crippen MR) is 98.6 cm³/mol. The van der Waals surface area contributed by atoms with Gasteiger partial charge in [0.1, 0.15) is 0 Å². The molecule has 1 saturated carbocycles. The number of urea groups is 1. The highest BCUT2D eigenvalue weighted by atomic mass is 16.4. The first-order valence-corrected chi connectivity index (χ1v) is 9.92. The van der Waals surface area contributed by atoms with E-state index in [1.807, 2.05) is 16.8 Å². The molecule has 1 heterocycles. The van der Waals surface area contributed by atoms with Gasteiger partial charge in [0.15, 0.2) is 0 Å². The van der Waals surface area contributed by atoms with Gasteiger partial charge in [-0.3, -0.25) is 9.69 Å². The van der Waals surface area contributed by atoms with Crippen molar-refractivity contribution in [3.8, 4) is 0 Å². The molecule has 0 spiro atoms. The second kappa shape index (κ2) is 10.00. The Morgan fingerprint density at radius 3 is 2.60 bits per heavy atom. The first-order valence-electron chi connectivity index (χ1n) is 9.92. The molecule has 2 N–H and O–H groups in total. The molecule has 0 aromatic rings. The highest BCUT2D eigenvalue weighted by Crippen LogP contribution is 2.31. The Hall–Kier alpha value is -1.30. The number of likely N-dealkylation sites (tertiary alicyclic amines) is 1. The van der Waals surface area contributed by atoms with Crippen molar-refractivity contribution < 1.29 is 14.7 Å². The molecule has 25 heavy (non-hydrogen) atoms. The summed E-state index contributed by atoms with van der Waals surface area (Å²) in [5.41, 5.74) is 0. The van der Waals surface area contributed by atoms with E-state index in [2.05, 4.69) is 12.2 Å². The van der Waals surface area contributed by atoms with Crippen molar-refractivity contribution in [3.05, 3.63) is 0 Å². The van der Waals surface area contributed by atoms with Crippen LogP contribution in [0.2, 0.25) is 0 Å². The molecule has 1 aliphatic heterocycles. The minimum Gasteiger partial charge on any atom is -0.480 e. The molecule has 2 fully saturated rings. The fraction of sp³-hybridized carbons (Fsp3) is 0.895. The Bertz CT molecular complexity index is 444. The van der Waals surface area contributed by atoms with Crippen LogP contribution >= 0.6 is 0 Å². The van der Waals surface area contributed by atoms with E-state index in [9.17, 15) is 9.59 Å².